The summed E-state index contributed by atoms with van der Waals surface area (Å²) in [6.07, 6.45) is 0. The van der Waals surface area contributed by atoms with Crippen molar-refractivity contribution in [2.75, 3.05) is 0 Å². The lowest BCUT2D eigenvalue weighted by molar-refractivity contribution is 0.532. The predicted octanol–water partition coefficient (Wildman–Crippen LogP) is 2.73. The molecule has 16 heavy (non-hydrogen) atoms. The molecule has 0 fully saturated rings. The van der Waals surface area contributed by atoms with E-state index in [1.165, 1.54) is 11.3 Å². The van der Waals surface area contributed by atoms with Crippen LogP contribution in [-0.4, -0.2) is 9.30 Å². The van der Waals surface area contributed by atoms with Crippen LogP contribution < -0.4 is 4.72 Å². The molecular weight excluding hydrogens is 240 g/mol. The van der Waals surface area contributed by atoms with Gasteiger partial charge in [-0.3, -0.25) is 0 Å². The third kappa shape index (κ3) is 3.49. The molecule has 0 bridgehead atoms. The average Bonchev–Trinajstić information content (AvgIpc) is 2.64. The lowest BCUT2D eigenvalue weighted by Crippen LogP contribution is -2.40. The maximum absolute atomic E-state index is 11.9. The molecule has 0 aromatic carbocycles. The molecule has 0 aliphatic carbocycles. The van der Waals surface area contributed by atoms with Gasteiger partial charge < -0.3 is 4.55 Å². The van der Waals surface area contributed by atoms with Crippen LogP contribution in [0.1, 0.15) is 44.2 Å². The minimum atomic E-state index is -1.09. The highest BCUT2D eigenvalue weighted by Crippen LogP contribution is 2.24. The highest BCUT2D eigenvalue weighted by Gasteiger charge is 2.28. The highest BCUT2D eigenvalue weighted by atomic mass is 32.2. The van der Waals surface area contributed by atoms with Crippen LogP contribution in [0, 0.1) is 11.3 Å². The Morgan fingerprint density at radius 2 is 2.19 bits per heavy atom. The summed E-state index contributed by atoms with van der Waals surface area (Å²) in [6.45, 7) is 7.74. The van der Waals surface area contributed by atoms with Gasteiger partial charge in [-0.2, -0.15) is 5.26 Å². The van der Waals surface area contributed by atoms with E-state index in [9.17, 15) is 4.55 Å². The van der Waals surface area contributed by atoms with Gasteiger partial charge in [0.2, 0.25) is 0 Å². The molecule has 0 amide bonds. The smallest absolute Gasteiger partial charge is 0.136 e. The quantitative estimate of drug-likeness (QED) is 0.846. The molecule has 1 aromatic heterocycles. The molecule has 2 atom stereocenters. The van der Waals surface area contributed by atoms with Gasteiger partial charge in [0.1, 0.15) is 10.8 Å². The number of nitriles is 1. The van der Waals surface area contributed by atoms with Crippen LogP contribution in [0.15, 0.2) is 11.4 Å². The Balaban J connectivity index is 2.66. The Kier molecular flexibility index (Phi) is 4.39. The van der Waals surface area contributed by atoms with Crippen molar-refractivity contribution in [3.8, 4) is 6.07 Å². The van der Waals surface area contributed by atoms with Crippen molar-refractivity contribution in [3.05, 3.63) is 21.9 Å². The maximum Gasteiger partial charge on any atom is 0.136 e. The second-order valence-electron chi connectivity index (χ2n) is 4.57. The number of thiophene rings is 1. The van der Waals surface area contributed by atoms with Crippen LogP contribution in [0.25, 0.3) is 0 Å². The molecule has 0 saturated heterocycles. The van der Waals surface area contributed by atoms with Gasteiger partial charge in [0, 0.05) is 21.6 Å². The van der Waals surface area contributed by atoms with Gasteiger partial charge in [0.15, 0.2) is 0 Å². The number of hydrogen-bond donors (Lipinski definition) is 1. The second kappa shape index (κ2) is 5.19. The normalized spacial score (nSPS) is 15.5. The third-order valence-electron chi connectivity index (χ3n) is 2.02. The molecule has 0 aliphatic rings. The lowest BCUT2D eigenvalue weighted by atomic mass is 10.2. The van der Waals surface area contributed by atoms with Crippen LogP contribution in [0.2, 0.25) is 0 Å². The topological polar surface area (TPSA) is 58.9 Å². The molecule has 1 heterocycles. The Morgan fingerprint density at radius 1 is 1.56 bits per heavy atom. The van der Waals surface area contributed by atoms with Crippen LogP contribution in [-0.2, 0) is 11.4 Å². The van der Waals surface area contributed by atoms with Gasteiger partial charge in [0.25, 0.3) is 0 Å². The van der Waals surface area contributed by atoms with Crippen molar-refractivity contribution in [1.29, 1.82) is 5.26 Å². The molecule has 0 unspecified atom stereocenters. The maximum atomic E-state index is 11.9. The van der Waals surface area contributed by atoms with Crippen LogP contribution >= 0.6 is 11.3 Å². The summed E-state index contributed by atoms with van der Waals surface area (Å²) in [4.78, 5) is 1.04. The van der Waals surface area contributed by atoms with Gasteiger partial charge in [0.05, 0.1) is 11.6 Å². The first-order chi connectivity index (χ1) is 7.34. The van der Waals surface area contributed by atoms with Crippen molar-refractivity contribution < 1.29 is 4.55 Å². The summed E-state index contributed by atoms with van der Waals surface area (Å²) >= 11 is 0.429. The van der Waals surface area contributed by atoms with Crippen molar-refractivity contribution >= 4 is 22.7 Å². The van der Waals surface area contributed by atoms with E-state index in [0.717, 1.165) is 4.88 Å². The van der Waals surface area contributed by atoms with Crippen LogP contribution in [0.4, 0.5) is 0 Å². The van der Waals surface area contributed by atoms with E-state index >= 15 is 0 Å². The molecule has 0 spiro atoms. The zero-order valence-electron chi connectivity index (χ0n) is 9.90. The fourth-order valence-corrected chi connectivity index (χ4v) is 2.75. The predicted molar refractivity (Wildman–Crippen MR) is 68.5 cm³/mol. The fourth-order valence-electron chi connectivity index (χ4n) is 1.03. The largest absolute Gasteiger partial charge is 0.598 e. The van der Waals surface area contributed by atoms with Crippen molar-refractivity contribution in [2.24, 2.45) is 0 Å². The Labute approximate surface area is 104 Å². The molecule has 5 heteroatoms. The summed E-state index contributed by atoms with van der Waals surface area (Å²) in [5, 5.41) is 10.5. The first-order valence-electron chi connectivity index (χ1n) is 5.01. The Hall–Kier alpha value is -0.540. The Morgan fingerprint density at radius 3 is 2.62 bits per heavy atom. The SMILES string of the molecule is C[C@H](N[S@+]([O-])C(C)(C)C)c1cc(C#N)cs1. The molecule has 0 saturated carbocycles. The molecule has 88 valence electrons. The average molecular weight is 256 g/mol. The van der Waals surface area contributed by atoms with E-state index in [0.29, 0.717) is 5.56 Å². The van der Waals surface area contributed by atoms with Gasteiger partial charge in [-0.1, -0.05) is 0 Å². The monoisotopic (exact) mass is 256 g/mol. The van der Waals surface area contributed by atoms with E-state index in [-0.39, 0.29) is 10.8 Å². The number of nitrogens with zero attached hydrogens (tertiary/aromatic N) is 1. The molecule has 0 radical (unpaired) electrons. The minimum Gasteiger partial charge on any atom is -0.598 e. The zero-order chi connectivity index (χ0) is 12.3. The van der Waals surface area contributed by atoms with Crippen molar-refractivity contribution in [3.63, 3.8) is 0 Å². The summed E-state index contributed by atoms with van der Waals surface area (Å²) in [5.41, 5.74) is 0.662. The first-order valence-corrected chi connectivity index (χ1v) is 7.04. The molecule has 1 rings (SSSR count). The summed E-state index contributed by atoms with van der Waals surface area (Å²) in [5.74, 6) is 0. The van der Waals surface area contributed by atoms with E-state index < -0.39 is 11.4 Å². The number of hydrogen-bond acceptors (Lipinski definition) is 4. The third-order valence-corrected chi connectivity index (χ3v) is 4.81. The second-order valence-corrected chi connectivity index (χ2v) is 7.51. The molecule has 3 nitrogen and oxygen atoms in total. The number of rotatable bonds is 3. The fraction of sp³-hybridized carbons (Fsp3) is 0.545. The molecule has 1 aromatic rings. The molecule has 1 N–H and O–H groups in total. The van der Waals surface area contributed by atoms with Gasteiger partial charge in [-0.15, -0.1) is 16.1 Å². The van der Waals surface area contributed by atoms with E-state index in [2.05, 4.69) is 10.8 Å². The van der Waals surface area contributed by atoms with E-state index in [1.807, 2.05) is 39.1 Å². The van der Waals surface area contributed by atoms with Crippen LogP contribution in [0.5, 0.6) is 0 Å². The summed E-state index contributed by atoms with van der Waals surface area (Å²) in [7, 11) is 0. The molecule has 0 aliphatic heterocycles. The standard InChI is InChI=1S/C11H16N2OS2/c1-8(13-16(14)11(2,3)4)10-5-9(6-12)7-15-10/h5,7-8,13H,1-4H3/t8-,16+/m0/s1. The Bertz CT molecular complexity index is 389. The zero-order valence-corrected chi connectivity index (χ0v) is 11.5. The lowest BCUT2D eigenvalue weighted by Gasteiger charge is -2.26. The van der Waals surface area contributed by atoms with Crippen molar-refractivity contribution in [1.82, 2.24) is 4.72 Å². The van der Waals surface area contributed by atoms with Crippen LogP contribution in [0.3, 0.4) is 0 Å². The highest BCUT2D eigenvalue weighted by molar-refractivity contribution is 7.90. The van der Waals surface area contributed by atoms with Gasteiger partial charge in [-0.25, -0.2) is 0 Å². The first kappa shape index (κ1) is 13.5. The molecular formula is C11H16N2OS2. The van der Waals surface area contributed by atoms with E-state index in [1.54, 1.807) is 0 Å². The summed E-state index contributed by atoms with van der Waals surface area (Å²) in [6, 6.07) is 3.93. The number of nitrogens with one attached hydrogen (secondary N) is 1. The van der Waals surface area contributed by atoms with Crippen molar-refractivity contribution in [2.45, 2.75) is 38.5 Å². The summed E-state index contributed by atoms with van der Waals surface area (Å²) < 4.78 is 14.6. The van der Waals surface area contributed by atoms with Gasteiger partial charge >= 0.3 is 0 Å². The van der Waals surface area contributed by atoms with Gasteiger partial charge in [-0.05, 0) is 33.8 Å². The minimum absolute atomic E-state index is 0.00663. The van der Waals surface area contributed by atoms with E-state index in [4.69, 9.17) is 5.26 Å².